The Morgan fingerprint density at radius 2 is 1.56 bits per heavy atom. The SMILES string of the molecule is CC(=O)NC1CC(N(CCCCS(=O)(=O)[O-])CCCCS(=O)(=O)[O-])CCC1N=Nc1c(C#N)cnn1C1C(Cl)CC(S(N)(=O)=O)CC1Cl.[K+].[K+]. The summed E-state index contributed by atoms with van der Waals surface area (Å²) in [5.74, 6) is -1.28. The van der Waals surface area contributed by atoms with Crippen LogP contribution in [-0.4, -0.2) is 114 Å². The summed E-state index contributed by atoms with van der Waals surface area (Å²) in [5.41, 5.74) is 0.0798. The number of carbonyl (C=O) groups excluding carboxylic acids is 1. The number of azo groups is 1. The van der Waals surface area contributed by atoms with Gasteiger partial charge < -0.3 is 19.3 Å². The first-order valence-corrected chi connectivity index (χ1v) is 21.0. The molecule has 50 heavy (non-hydrogen) atoms. The van der Waals surface area contributed by atoms with E-state index in [1.54, 1.807) is 0 Å². The Kier molecular flexibility index (Phi) is 21.9. The molecule has 0 aromatic carbocycles. The number of nitrogens with zero attached hydrogens (tertiary/aromatic N) is 6. The number of alkyl halides is 2. The van der Waals surface area contributed by atoms with E-state index in [9.17, 15) is 44.4 Å². The zero-order valence-corrected chi connectivity index (χ0v) is 38.4. The number of carbonyl (C=O) groups is 1. The fourth-order valence-electron chi connectivity index (χ4n) is 6.24. The number of nitriles is 1. The average molecular weight is 854 g/mol. The van der Waals surface area contributed by atoms with E-state index in [1.807, 2.05) is 11.0 Å². The van der Waals surface area contributed by atoms with E-state index < -0.39 is 75.9 Å². The van der Waals surface area contributed by atoms with Crippen LogP contribution in [0.25, 0.3) is 0 Å². The number of hydrogen-bond donors (Lipinski definition) is 2. The van der Waals surface area contributed by atoms with Crippen molar-refractivity contribution >= 4 is 65.2 Å². The summed E-state index contributed by atoms with van der Waals surface area (Å²) < 4.78 is 91.7. The molecular formula is C26H40Cl2K2N8O9S3. The summed E-state index contributed by atoms with van der Waals surface area (Å²) in [4.78, 5) is 14.2. The third-order valence-corrected chi connectivity index (χ3v) is 12.3. The second-order valence-corrected chi connectivity index (χ2v) is 18.2. The third kappa shape index (κ3) is 16.2. The molecule has 2 saturated carbocycles. The van der Waals surface area contributed by atoms with Crippen LogP contribution in [0.3, 0.4) is 0 Å². The molecule has 272 valence electrons. The number of aromatic nitrogens is 2. The molecule has 0 saturated heterocycles. The first kappa shape index (κ1) is 49.3. The van der Waals surface area contributed by atoms with Crippen molar-refractivity contribution in [1.82, 2.24) is 20.0 Å². The first-order chi connectivity index (χ1) is 22.3. The third-order valence-electron chi connectivity index (χ3n) is 8.53. The van der Waals surface area contributed by atoms with Crippen LogP contribution in [0.1, 0.15) is 76.3 Å². The summed E-state index contributed by atoms with van der Waals surface area (Å²) in [5, 5.41) is 28.6. The van der Waals surface area contributed by atoms with Crippen LogP contribution in [0.4, 0.5) is 5.82 Å². The van der Waals surface area contributed by atoms with Crippen molar-refractivity contribution in [2.75, 3.05) is 24.6 Å². The number of rotatable bonds is 16. The van der Waals surface area contributed by atoms with E-state index in [1.165, 1.54) is 17.8 Å². The van der Waals surface area contributed by atoms with Gasteiger partial charge in [-0.05, 0) is 70.9 Å². The minimum Gasteiger partial charge on any atom is -0.748 e. The van der Waals surface area contributed by atoms with Crippen molar-refractivity contribution in [3.63, 3.8) is 0 Å². The van der Waals surface area contributed by atoms with Crippen LogP contribution in [0.5, 0.6) is 0 Å². The molecule has 0 radical (unpaired) electrons. The van der Waals surface area contributed by atoms with Gasteiger partial charge in [-0.15, -0.1) is 28.3 Å². The van der Waals surface area contributed by atoms with Gasteiger partial charge in [0.1, 0.15) is 11.6 Å². The van der Waals surface area contributed by atoms with Gasteiger partial charge in [0.25, 0.3) is 0 Å². The van der Waals surface area contributed by atoms with E-state index in [0.29, 0.717) is 45.2 Å². The number of nitrogens with two attached hydrogens (primary N) is 1. The van der Waals surface area contributed by atoms with Gasteiger partial charge >= 0.3 is 103 Å². The Morgan fingerprint density at radius 3 is 2.02 bits per heavy atom. The van der Waals surface area contributed by atoms with Gasteiger partial charge in [-0.1, -0.05) is 0 Å². The van der Waals surface area contributed by atoms with E-state index in [-0.39, 0.29) is 152 Å². The molecule has 24 heteroatoms. The van der Waals surface area contributed by atoms with Gasteiger partial charge in [0.15, 0.2) is 5.82 Å². The van der Waals surface area contributed by atoms with Gasteiger partial charge in [0.05, 0.1) is 60.6 Å². The van der Waals surface area contributed by atoms with Gasteiger partial charge in [0.2, 0.25) is 15.9 Å². The minimum atomic E-state index is -4.38. The molecule has 1 aromatic rings. The number of amides is 1. The maximum atomic E-state index is 12.2. The number of unbranched alkanes of at least 4 members (excludes halogenated alkanes) is 2. The normalized spacial score (nSPS) is 26.2. The van der Waals surface area contributed by atoms with Gasteiger partial charge in [-0.2, -0.15) is 15.5 Å². The number of hydrogen-bond acceptors (Lipinski definition) is 14. The second kappa shape index (κ2) is 22.2. The predicted octanol–water partition coefficient (Wildman–Crippen LogP) is -4.57. The Bertz CT molecular complexity index is 1630. The maximum Gasteiger partial charge on any atom is 1.00 e. The van der Waals surface area contributed by atoms with Crippen molar-refractivity contribution in [2.24, 2.45) is 15.4 Å². The standard InChI is InChI=1S/C26H42Cl2N8O9S3.2K/c1-17(37)32-24-12-19(35(8-2-4-10-46(38,39)40)9-3-5-11-47(41,42)43)6-7-23(24)33-34-26-18(15-29)16-31-36(26)25-21(27)13-20(14-22(25)28)48(30,44)45;;/h16,19-25H,2-14H2,1H3,(H,32,37)(H2,30,44,45)(H,38,39,40)(H,41,42,43);;/q;2*+1/p-2. The van der Waals surface area contributed by atoms with E-state index in [2.05, 4.69) is 20.6 Å². The van der Waals surface area contributed by atoms with Crippen LogP contribution < -0.4 is 113 Å². The van der Waals surface area contributed by atoms with Crippen molar-refractivity contribution in [3.05, 3.63) is 11.8 Å². The van der Waals surface area contributed by atoms with Crippen LogP contribution in [0.2, 0.25) is 0 Å². The molecule has 3 rings (SSSR count). The van der Waals surface area contributed by atoms with Crippen LogP contribution in [0.15, 0.2) is 16.4 Å². The Balaban J connectivity index is 0.00000625. The monoisotopic (exact) mass is 852 g/mol. The topological polar surface area (TPSA) is 273 Å². The van der Waals surface area contributed by atoms with Gasteiger partial charge in [-0.25, -0.2) is 35.1 Å². The first-order valence-electron chi connectivity index (χ1n) is 15.4. The summed E-state index contributed by atoms with van der Waals surface area (Å²) in [7, 11) is -12.6. The number of sulfonamides is 1. The molecule has 1 aromatic heterocycles. The van der Waals surface area contributed by atoms with Gasteiger partial charge in [-0.3, -0.25) is 4.79 Å². The molecule has 5 atom stereocenters. The number of nitrogens with one attached hydrogen (secondary N) is 1. The van der Waals surface area contributed by atoms with E-state index >= 15 is 0 Å². The molecular weight excluding hydrogens is 814 g/mol. The largest absolute Gasteiger partial charge is 1.00 e. The molecule has 0 bridgehead atoms. The summed E-state index contributed by atoms with van der Waals surface area (Å²) in [6.07, 6.45) is 3.75. The Labute approximate surface area is 389 Å². The maximum absolute atomic E-state index is 12.2. The molecule has 0 aliphatic heterocycles. The Morgan fingerprint density at radius 1 is 1.02 bits per heavy atom. The fourth-order valence-corrected chi connectivity index (χ4v) is 9.59. The molecule has 2 fully saturated rings. The predicted molar refractivity (Wildman–Crippen MR) is 174 cm³/mol. The molecule has 2 aliphatic carbocycles. The second-order valence-electron chi connectivity index (χ2n) is 12.2. The molecule has 1 heterocycles. The van der Waals surface area contributed by atoms with Crippen LogP contribution >= 0.6 is 23.2 Å². The molecule has 2 aliphatic rings. The van der Waals surface area contributed by atoms with E-state index in [4.69, 9.17) is 28.3 Å². The Hall–Kier alpha value is 1.31. The summed E-state index contributed by atoms with van der Waals surface area (Å²) in [6, 6.07) is 0.101. The van der Waals surface area contributed by atoms with Crippen molar-refractivity contribution in [3.8, 4) is 6.07 Å². The zero-order valence-electron chi connectivity index (χ0n) is 28.2. The quantitative estimate of drug-likeness (QED) is 0.0523. The molecule has 1 amide bonds. The smallest absolute Gasteiger partial charge is 0.748 e. The van der Waals surface area contributed by atoms with Gasteiger partial charge in [0, 0.05) is 24.5 Å². The van der Waals surface area contributed by atoms with E-state index in [0.717, 1.165) is 0 Å². The summed E-state index contributed by atoms with van der Waals surface area (Å²) >= 11 is 13.2. The molecule has 17 nitrogen and oxygen atoms in total. The summed E-state index contributed by atoms with van der Waals surface area (Å²) in [6.45, 7) is 2.16. The molecule has 5 unspecified atom stereocenters. The van der Waals surface area contributed by atoms with Crippen LogP contribution in [0, 0.1) is 11.3 Å². The number of halogens is 2. The van der Waals surface area contributed by atoms with Crippen molar-refractivity contribution < 1.29 is 142 Å². The molecule has 0 spiro atoms. The van der Waals surface area contributed by atoms with Crippen molar-refractivity contribution in [2.45, 2.75) is 105 Å². The molecule has 3 N–H and O–H groups in total. The minimum absolute atomic E-state index is 0. The fraction of sp³-hybridized carbons (Fsp3) is 0.808. The average Bonchev–Trinajstić information content (AvgIpc) is 3.35. The zero-order chi connectivity index (χ0) is 35.9. The van der Waals surface area contributed by atoms with Crippen LogP contribution in [-0.2, 0) is 35.1 Å². The van der Waals surface area contributed by atoms with Crippen molar-refractivity contribution in [1.29, 1.82) is 5.26 Å². The number of primary sulfonamides is 1.